The van der Waals surface area contributed by atoms with Crippen molar-refractivity contribution in [3.8, 4) is 22.6 Å². The Kier molecular flexibility index (Phi) is 4.18. The van der Waals surface area contributed by atoms with Crippen molar-refractivity contribution in [3.63, 3.8) is 0 Å². The molecule has 2 aromatic carbocycles. The molecule has 1 unspecified atom stereocenters. The molecule has 0 radical (unpaired) electrons. The number of rotatable bonds is 3. The molecule has 3 N–H and O–H groups in total. The SMILES string of the molecule is Cc1cccc2c1C(N(C)C)Cc1ccc(OP(=O)(O)O)c(O)c1-2. The van der Waals surface area contributed by atoms with Crippen molar-refractivity contribution in [2.45, 2.75) is 19.4 Å². The number of phosphoric ester groups is 1. The Balaban J connectivity index is 2.23. The van der Waals surface area contributed by atoms with Crippen LogP contribution in [0.4, 0.5) is 0 Å². The minimum absolute atomic E-state index is 0.168. The predicted molar refractivity (Wildman–Crippen MR) is 91.1 cm³/mol. The van der Waals surface area contributed by atoms with Gasteiger partial charge in [-0.15, -0.1) is 0 Å². The number of aromatic hydroxyl groups is 1. The number of hydrogen-bond acceptors (Lipinski definition) is 4. The average molecular weight is 349 g/mol. The van der Waals surface area contributed by atoms with Gasteiger partial charge in [0.05, 0.1) is 0 Å². The molecule has 0 heterocycles. The van der Waals surface area contributed by atoms with Crippen molar-refractivity contribution in [2.75, 3.05) is 14.1 Å². The van der Waals surface area contributed by atoms with E-state index in [1.807, 2.05) is 39.2 Å². The highest BCUT2D eigenvalue weighted by Crippen LogP contribution is 2.51. The van der Waals surface area contributed by atoms with E-state index in [0.717, 1.165) is 22.3 Å². The van der Waals surface area contributed by atoms with Gasteiger partial charge in [-0.3, -0.25) is 9.79 Å². The van der Waals surface area contributed by atoms with Crippen LogP contribution in [0.15, 0.2) is 30.3 Å². The van der Waals surface area contributed by atoms with Crippen molar-refractivity contribution in [2.24, 2.45) is 0 Å². The first-order valence-electron chi connectivity index (χ1n) is 7.55. The fourth-order valence-electron chi connectivity index (χ4n) is 3.38. The molecule has 1 atom stereocenters. The third-order valence-corrected chi connectivity index (χ3v) is 4.84. The second-order valence-electron chi connectivity index (χ2n) is 6.25. The van der Waals surface area contributed by atoms with Crippen LogP contribution in [0.2, 0.25) is 0 Å². The second-order valence-corrected chi connectivity index (χ2v) is 7.41. The average Bonchev–Trinajstić information content (AvgIpc) is 2.48. The molecule has 3 rings (SSSR count). The van der Waals surface area contributed by atoms with Crippen molar-refractivity contribution >= 4 is 7.82 Å². The summed E-state index contributed by atoms with van der Waals surface area (Å²) in [6.45, 7) is 2.02. The zero-order valence-electron chi connectivity index (χ0n) is 13.7. The van der Waals surface area contributed by atoms with Crippen LogP contribution in [-0.2, 0) is 11.0 Å². The second kappa shape index (κ2) is 5.90. The molecule has 0 spiro atoms. The Labute approximate surface area is 140 Å². The number of fused-ring (bicyclic) bond motifs is 3. The van der Waals surface area contributed by atoms with Gasteiger partial charge in [-0.25, -0.2) is 4.57 Å². The summed E-state index contributed by atoms with van der Waals surface area (Å²) in [5, 5.41) is 10.6. The Hall–Kier alpha value is -1.85. The summed E-state index contributed by atoms with van der Waals surface area (Å²) in [6, 6.07) is 9.17. The van der Waals surface area contributed by atoms with Crippen LogP contribution in [-0.4, -0.2) is 33.9 Å². The number of likely N-dealkylation sites (N-methyl/N-ethyl adjacent to an activating group) is 1. The van der Waals surface area contributed by atoms with Crippen molar-refractivity contribution in [3.05, 3.63) is 47.0 Å². The maximum Gasteiger partial charge on any atom is 0.524 e. The van der Waals surface area contributed by atoms with E-state index in [0.29, 0.717) is 12.0 Å². The van der Waals surface area contributed by atoms with Gasteiger partial charge >= 0.3 is 7.82 Å². The molecule has 0 fully saturated rings. The van der Waals surface area contributed by atoms with Gasteiger partial charge in [0, 0.05) is 11.6 Å². The molecule has 0 amide bonds. The lowest BCUT2D eigenvalue weighted by Gasteiger charge is -2.34. The summed E-state index contributed by atoms with van der Waals surface area (Å²) in [5.74, 6) is -0.447. The van der Waals surface area contributed by atoms with Gasteiger partial charge in [0.25, 0.3) is 0 Å². The van der Waals surface area contributed by atoms with Crippen molar-refractivity contribution in [1.29, 1.82) is 0 Å². The van der Waals surface area contributed by atoms with Crippen molar-refractivity contribution in [1.82, 2.24) is 4.90 Å². The van der Waals surface area contributed by atoms with Crippen LogP contribution in [0.5, 0.6) is 11.5 Å². The highest BCUT2D eigenvalue weighted by Gasteiger charge is 2.31. The number of aryl methyl sites for hydroxylation is 1. The summed E-state index contributed by atoms with van der Waals surface area (Å²) in [4.78, 5) is 20.2. The molecule has 7 heteroatoms. The summed E-state index contributed by atoms with van der Waals surface area (Å²) in [6.07, 6.45) is 0.698. The topological polar surface area (TPSA) is 90.2 Å². The van der Waals surface area contributed by atoms with Gasteiger partial charge < -0.3 is 14.5 Å². The van der Waals surface area contributed by atoms with E-state index in [2.05, 4.69) is 9.42 Å². The molecule has 2 aromatic rings. The maximum absolute atomic E-state index is 11.1. The quantitative estimate of drug-likeness (QED) is 0.738. The summed E-state index contributed by atoms with van der Waals surface area (Å²) < 4.78 is 15.7. The van der Waals surface area contributed by atoms with Crippen LogP contribution >= 0.6 is 7.82 Å². The Morgan fingerprint density at radius 3 is 2.54 bits per heavy atom. The normalized spacial score (nSPS) is 16.7. The number of phenolic OH excluding ortho intramolecular Hbond substituents is 1. The molecule has 6 nitrogen and oxygen atoms in total. The van der Waals surface area contributed by atoms with E-state index < -0.39 is 7.82 Å². The smallest absolute Gasteiger partial charge is 0.504 e. The lowest BCUT2D eigenvalue weighted by Crippen LogP contribution is -2.26. The van der Waals surface area contributed by atoms with E-state index >= 15 is 0 Å². The highest BCUT2D eigenvalue weighted by atomic mass is 31.2. The molecule has 0 saturated heterocycles. The summed E-state index contributed by atoms with van der Waals surface area (Å²) in [5.41, 5.74) is 4.58. The highest BCUT2D eigenvalue weighted by molar-refractivity contribution is 7.46. The molecule has 1 aliphatic carbocycles. The third-order valence-electron chi connectivity index (χ3n) is 4.41. The zero-order valence-corrected chi connectivity index (χ0v) is 14.6. The van der Waals surface area contributed by atoms with Gasteiger partial charge in [0.1, 0.15) is 0 Å². The van der Waals surface area contributed by atoms with Crippen molar-refractivity contribution < 1.29 is 24.0 Å². The van der Waals surface area contributed by atoms with Gasteiger partial charge in [-0.1, -0.05) is 24.3 Å². The Morgan fingerprint density at radius 1 is 1.21 bits per heavy atom. The molecule has 1 aliphatic rings. The Morgan fingerprint density at radius 2 is 1.92 bits per heavy atom. The molecule has 0 saturated carbocycles. The first-order chi connectivity index (χ1) is 11.2. The van der Waals surface area contributed by atoms with E-state index in [9.17, 15) is 9.67 Å². The van der Waals surface area contributed by atoms with Gasteiger partial charge in [0.2, 0.25) is 0 Å². The summed E-state index contributed by atoms with van der Waals surface area (Å²) >= 11 is 0. The van der Waals surface area contributed by atoms with Crippen LogP contribution in [0, 0.1) is 6.92 Å². The van der Waals surface area contributed by atoms with Crippen LogP contribution in [0.1, 0.15) is 22.7 Å². The van der Waals surface area contributed by atoms with Gasteiger partial charge in [-0.2, -0.15) is 0 Å². The van der Waals surface area contributed by atoms with E-state index in [1.54, 1.807) is 6.07 Å². The minimum Gasteiger partial charge on any atom is -0.504 e. The van der Waals surface area contributed by atoms with E-state index in [4.69, 9.17) is 9.79 Å². The fourth-order valence-corrected chi connectivity index (χ4v) is 3.78. The van der Waals surface area contributed by atoms with E-state index in [1.165, 1.54) is 6.07 Å². The molecule has 0 aliphatic heterocycles. The van der Waals surface area contributed by atoms with Gasteiger partial charge in [-0.05, 0) is 55.8 Å². The first-order valence-corrected chi connectivity index (χ1v) is 9.08. The van der Waals surface area contributed by atoms with Gasteiger partial charge in [0.15, 0.2) is 11.5 Å². The molecular formula is C17H20NO5P. The number of benzene rings is 2. The molecule has 24 heavy (non-hydrogen) atoms. The number of hydrogen-bond donors (Lipinski definition) is 3. The van der Waals surface area contributed by atoms with Crippen LogP contribution in [0.25, 0.3) is 11.1 Å². The van der Waals surface area contributed by atoms with E-state index in [-0.39, 0.29) is 17.5 Å². The predicted octanol–water partition coefficient (Wildman–Crippen LogP) is 3.00. The lowest BCUT2D eigenvalue weighted by molar-refractivity contribution is 0.277. The summed E-state index contributed by atoms with van der Waals surface area (Å²) in [7, 11) is -0.719. The Bertz CT molecular complexity index is 843. The number of phosphoric acid groups is 1. The lowest BCUT2D eigenvalue weighted by atomic mass is 9.79. The monoisotopic (exact) mass is 349 g/mol. The number of phenols is 1. The molecule has 0 aromatic heterocycles. The maximum atomic E-state index is 11.1. The standard InChI is InChI=1S/C17H20NO5P/c1-10-5-4-6-12-15(10)13(18(2)3)9-11-7-8-14(17(19)16(11)12)23-24(20,21)22/h4-8,13,19H,9H2,1-3H3,(H2,20,21,22). The molecule has 128 valence electrons. The minimum atomic E-state index is -4.74. The third kappa shape index (κ3) is 2.94. The number of nitrogens with zero attached hydrogens (tertiary/aromatic N) is 1. The molecular weight excluding hydrogens is 329 g/mol. The molecule has 0 bridgehead atoms. The fraction of sp³-hybridized carbons (Fsp3) is 0.294. The van der Waals surface area contributed by atoms with Crippen LogP contribution in [0.3, 0.4) is 0 Å². The largest absolute Gasteiger partial charge is 0.524 e. The first kappa shape index (κ1) is 17.0. The van der Waals surface area contributed by atoms with Crippen LogP contribution < -0.4 is 4.52 Å². The zero-order chi connectivity index (χ0) is 17.6.